The van der Waals surface area contributed by atoms with E-state index >= 15 is 0 Å². The van der Waals surface area contributed by atoms with Crippen LogP contribution in [0.1, 0.15) is 61.8 Å². The highest BCUT2D eigenvalue weighted by atomic mass is 16.2. The molecule has 1 rings (SSSR count). The molecule has 0 aromatic heterocycles. The number of aryl methyl sites for hydroxylation is 2. The Morgan fingerprint density at radius 1 is 0.862 bits per heavy atom. The molecule has 0 aliphatic heterocycles. The number of primary amides is 4. The number of hydrogen-bond donors (Lipinski definition) is 6. The van der Waals surface area contributed by atoms with E-state index in [2.05, 4.69) is 74.3 Å². The Morgan fingerprint density at radius 3 is 1.83 bits per heavy atom. The van der Waals surface area contributed by atoms with Crippen LogP contribution < -0.4 is 33.6 Å². The first-order valence-electron chi connectivity index (χ1n) is 9.72. The van der Waals surface area contributed by atoms with E-state index in [-0.39, 0.29) is 6.03 Å². The molecule has 0 aliphatic rings. The Balaban J connectivity index is 0. The minimum absolute atomic E-state index is 0.0902. The quantitative estimate of drug-likeness (QED) is 0.379. The summed E-state index contributed by atoms with van der Waals surface area (Å²) >= 11 is 0. The molecule has 0 aliphatic carbocycles. The van der Waals surface area contributed by atoms with E-state index in [1.807, 2.05) is 0 Å². The maximum absolute atomic E-state index is 12.0. The van der Waals surface area contributed by atoms with Gasteiger partial charge in [-0.25, -0.2) is 14.4 Å². The smallest absolute Gasteiger partial charge is 0.319 e. The van der Waals surface area contributed by atoms with Crippen molar-refractivity contribution < 1.29 is 14.4 Å². The fraction of sp³-hybridized carbons (Fsp3) is 0.550. The number of nitrogens with two attached hydrogens (primary N) is 4. The van der Waals surface area contributed by atoms with Crippen LogP contribution in [0.15, 0.2) is 6.07 Å². The third kappa shape index (κ3) is 14.7. The zero-order chi connectivity index (χ0) is 23.0. The highest BCUT2D eigenvalue weighted by molar-refractivity contribution is 5.91. The Morgan fingerprint density at radius 2 is 1.38 bits per heavy atom. The van der Waals surface area contributed by atoms with Crippen molar-refractivity contribution in [2.75, 3.05) is 11.9 Å². The van der Waals surface area contributed by atoms with Gasteiger partial charge >= 0.3 is 18.1 Å². The molecule has 0 radical (unpaired) electrons. The monoisotopic (exact) mass is 410 g/mol. The molecule has 6 amide bonds. The van der Waals surface area contributed by atoms with E-state index in [0.29, 0.717) is 0 Å². The molecule has 0 atom stereocenters. The van der Waals surface area contributed by atoms with Gasteiger partial charge in [-0.15, -0.1) is 0 Å². The van der Waals surface area contributed by atoms with Crippen LogP contribution in [0, 0.1) is 20.8 Å². The van der Waals surface area contributed by atoms with Crippen molar-refractivity contribution >= 4 is 23.8 Å². The highest BCUT2D eigenvalue weighted by Gasteiger charge is 2.12. The largest absolute Gasteiger partial charge is 0.352 e. The predicted molar refractivity (Wildman–Crippen MR) is 119 cm³/mol. The average molecular weight is 411 g/mol. The summed E-state index contributed by atoms with van der Waals surface area (Å²) < 4.78 is 0. The molecule has 166 valence electrons. The molecule has 9 heteroatoms. The lowest BCUT2D eigenvalue weighted by Gasteiger charge is -2.17. The second-order valence-electron chi connectivity index (χ2n) is 6.58. The van der Waals surface area contributed by atoms with Gasteiger partial charge in [0.1, 0.15) is 0 Å². The minimum Gasteiger partial charge on any atom is -0.352 e. The second-order valence-corrected chi connectivity index (χ2v) is 6.58. The van der Waals surface area contributed by atoms with Crippen LogP contribution >= 0.6 is 0 Å². The van der Waals surface area contributed by atoms with Gasteiger partial charge in [0.25, 0.3) is 0 Å². The van der Waals surface area contributed by atoms with Gasteiger partial charge in [0.15, 0.2) is 0 Å². The van der Waals surface area contributed by atoms with E-state index in [1.54, 1.807) is 0 Å². The van der Waals surface area contributed by atoms with Crippen LogP contribution in [0.5, 0.6) is 0 Å². The number of carbonyl (C=O) groups excluding carboxylic acids is 3. The van der Waals surface area contributed by atoms with Gasteiger partial charge in [0.05, 0.1) is 0 Å². The van der Waals surface area contributed by atoms with Gasteiger partial charge in [0.2, 0.25) is 0 Å². The van der Waals surface area contributed by atoms with Crippen molar-refractivity contribution in [3.05, 3.63) is 28.3 Å². The van der Waals surface area contributed by atoms with E-state index in [4.69, 9.17) is 9.59 Å². The number of carbonyl (C=O) groups is 3. The molecule has 0 heterocycles. The number of nitrogens with one attached hydrogen (secondary N) is 2. The van der Waals surface area contributed by atoms with Crippen molar-refractivity contribution in [2.45, 2.75) is 66.7 Å². The molecular weight excluding hydrogens is 372 g/mol. The van der Waals surface area contributed by atoms with Crippen LogP contribution in [0.25, 0.3) is 0 Å². The van der Waals surface area contributed by atoms with Crippen molar-refractivity contribution in [3.63, 3.8) is 0 Å². The number of benzene rings is 1. The minimum atomic E-state index is -0.833. The van der Waals surface area contributed by atoms with Crippen LogP contribution in [0.2, 0.25) is 0 Å². The standard InChI is InChI=1S/C18H30N2O.2CH4N2O/c1-6-8-9-10-11-19-18(21)20-17-15(5)14(4)13(3)12-16(17)7-2;2*2-1(3)4/h12H,6-11H2,1-5H3,(H2,19,20,21);2*(H4,2,3,4). The highest BCUT2D eigenvalue weighted by Crippen LogP contribution is 2.27. The van der Waals surface area contributed by atoms with Crippen molar-refractivity contribution in [2.24, 2.45) is 22.9 Å². The molecule has 0 bridgehead atoms. The summed E-state index contributed by atoms with van der Waals surface area (Å²) in [6.07, 6.45) is 5.61. The molecular formula is C20H38N6O3. The molecule has 0 fully saturated rings. The van der Waals surface area contributed by atoms with Crippen LogP contribution in [0.3, 0.4) is 0 Å². The summed E-state index contributed by atoms with van der Waals surface area (Å²) in [7, 11) is 0. The maximum Gasteiger partial charge on any atom is 0.319 e. The number of amides is 6. The zero-order valence-corrected chi connectivity index (χ0v) is 18.4. The second kappa shape index (κ2) is 16.0. The van der Waals surface area contributed by atoms with Gasteiger partial charge in [-0.3, -0.25) is 0 Å². The number of urea groups is 3. The van der Waals surface area contributed by atoms with Crippen LogP contribution in [-0.2, 0) is 6.42 Å². The van der Waals surface area contributed by atoms with E-state index in [1.165, 1.54) is 41.5 Å². The Bertz CT molecular complexity index is 642. The predicted octanol–water partition coefficient (Wildman–Crippen LogP) is 2.92. The average Bonchev–Trinajstić information content (AvgIpc) is 2.61. The molecule has 9 nitrogen and oxygen atoms in total. The lowest BCUT2D eigenvalue weighted by Crippen LogP contribution is -2.30. The van der Waals surface area contributed by atoms with Crippen LogP contribution in [0.4, 0.5) is 20.1 Å². The number of anilines is 1. The summed E-state index contributed by atoms with van der Waals surface area (Å²) in [5.41, 5.74) is 22.9. The lowest BCUT2D eigenvalue weighted by molar-refractivity contribution is 0.251. The SMILES string of the molecule is CCCCCCNC(=O)Nc1c(CC)cc(C)c(C)c1C.NC(N)=O.NC(N)=O. The first-order chi connectivity index (χ1) is 13.5. The van der Waals surface area contributed by atoms with Crippen LogP contribution in [-0.4, -0.2) is 24.6 Å². The van der Waals surface area contributed by atoms with Gasteiger partial charge in [-0.05, 0) is 55.9 Å². The molecule has 10 N–H and O–H groups in total. The first-order valence-corrected chi connectivity index (χ1v) is 9.72. The molecule has 29 heavy (non-hydrogen) atoms. The zero-order valence-electron chi connectivity index (χ0n) is 18.4. The van der Waals surface area contributed by atoms with Crippen molar-refractivity contribution in [1.82, 2.24) is 5.32 Å². The Hall–Kier alpha value is -2.97. The van der Waals surface area contributed by atoms with E-state index in [9.17, 15) is 4.79 Å². The number of unbranched alkanes of at least 4 members (excludes halogenated alkanes) is 3. The van der Waals surface area contributed by atoms with Crippen molar-refractivity contribution in [3.8, 4) is 0 Å². The fourth-order valence-electron chi connectivity index (χ4n) is 2.53. The van der Waals surface area contributed by atoms with Gasteiger partial charge in [-0.2, -0.15) is 0 Å². The maximum atomic E-state index is 12.0. The molecule has 0 saturated carbocycles. The van der Waals surface area contributed by atoms with Crippen molar-refractivity contribution in [1.29, 1.82) is 0 Å². The third-order valence-electron chi connectivity index (χ3n) is 4.18. The molecule has 0 saturated heterocycles. The van der Waals surface area contributed by atoms with E-state index in [0.717, 1.165) is 25.1 Å². The first kappa shape index (κ1) is 28.2. The molecule has 1 aromatic carbocycles. The topological polar surface area (TPSA) is 179 Å². The van der Waals surface area contributed by atoms with E-state index < -0.39 is 12.1 Å². The van der Waals surface area contributed by atoms with Gasteiger partial charge in [0, 0.05) is 12.2 Å². The molecule has 0 spiro atoms. The summed E-state index contributed by atoms with van der Waals surface area (Å²) in [5.74, 6) is 0. The Kier molecular flexibility index (Phi) is 15.6. The number of hydrogen-bond acceptors (Lipinski definition) is 3. The number of rotatable bonds is 7. The lowest BCUT2D eigenvalue weighted by atomic mass is 9.96. The summed E-state index contributed by atoms with van der Waals surface area (Å²) in [4.78, 5) is 30.0. The third-order valence-corrected chi connectivity index (χ3v) is 4.18. The summed E-state index contributed by atoms with van der Waals surface area (Å²) in [6.45, 7) is 11.4. The fourth-order valence-corrected chi connectivity index (χ4v) is 2.53. The molecule has 0 unspecified atom stereocenters. The normalized spacial score (nSPS) is 9.28. The van der Waals surface area contributed by atoms with Gasteiger partial charge < -0.3 is 33.6 Å². The Labute approximate surface area is 173 Å². The van der Waals surface area contributed by atoms with Gasteiger partial charge in [-0.1, -0.05) is 39.2 Å². The summed E-state index contributed by atoms with van der Waals surface area (Å²) in [5, 5.41) is 5.99. The summed E-state index contributed by atoms with van der Waals surface area (Å²) in [6, 6.07) is 0.423. The molecule has 1 aromatic rings.